The number of para-hydroxylation sites is 1. The first-order chi connectivity index (χ1) is 12.7. The lowest BCUT2D eigenvalue weighted by atomic mass is 9.92. The third kappa shape index (κ3) is 5.88. The number of anilines is 1. The second kappa shape index (κ2) is 9.39. The number of nitrogens with one attached hydrogen (secondary N) is 1. The molecule has 2 aromatic rings. The lowest BCUT2D eigenvalue weighted by molar-refractivity contribution is 0.120. The van der Waals surface area contributed by atoms with E-state index in [2.05, 4.69) is 29.3 Å². The molecule has 1 fully saturated rings. The number of hydrazone groups is 1. The lowest BCUT2D eigenvalue weighted by Crippen LogP contribution is -2.40. The predicted molar refractivity (Wildman–Crippen MR) is 109 cm³/mol. The van der Waals surface area contributed by atoms with Gasteiger partial charge in [0.25, 0.3) is 0 Å². The standard InChI is InChI=1S/C22H29N3O/c1-18-14-19(2)17-25(16-18)12-13-26-22-10-8-20(9-11-22)15-23-24-21-6-4-3-5-7-21/h3-11,15,18-19,24H,12-14,16-17H2,1-2H3. The Morgan fingerprint density at radius 2 is 1.73 bits per heavy atom. The number of nitrogens with zero attached hydrogens (tertiary/aromatic N) is 2. The van der Waals surface area contributed by atoms with Crippen molar-refractivity contribution < 1.29 is 4.74 Å². The second-order valence-corrected chi connectivity index (χ2v) is 7.36. The summed E-state index contributed by atoms with van der Waals surface area (Å²) in [5.74, 6) is 2.50. The van der Waals surface area contributed by atoms with Crippen LogP contribution in [-0.4, -0.2) is 37.4 Å². The van der Waals surface area contributed by atoms with E-state index in [4.69, 9.17) is 4.74 Å². The highest BCUT2D eigenvalue weighted by atomic mass is 16.5. The van der Waals surface area contributed by atoms with E-state index in [0.717, 1.165) is 42.0 Å². The molecule has 0 saturated carbocycles. The molecule has 0 bridgehead atoms. The van der Waals surface area contributed by atoms with Crippen molar-refractivity contribution in [3.05, 3.63) is 60.2 Å². The molecule has 2 unspecified atom stereocenters. The molecule has 0 amide bonds. The molecule has 4 nitrogen and oxygen atoms in total. The summed E-state index contributed by atoms with van der Waals surface area (Å²) in [6, 6.07) is 18.0. The Bertz CT molecular complexity index is 674. The summed E-state index contributed by atoms with van der Waals surface area (Å²) in [5, 5.41) is 4.26. The largest absolute Gasteiger partial charge is 0.492 e. The fourth-order valence-corrected chi connectivity index (χ4v) is 3.61. The summed E-state index contributed by atoms with van der Waals surface area (Å²) in [5.41, 5.74) is 5.04. The number of piperidine rings is 1. The fraction of sp³-hybridized carbons (Fsp3) is 0.409. The predicted octanol–water partition coefficient (Wildman–Crippen LogP) is 4.49. The van der Waals surface area contributed by atoms with Crippen molar-refractivity contribution in [2.24, 2.45) is 16.9 Å². The van der Waals surface area contributed by atoms with Crippen molar-refractivity contribution in [3.63, 3.8) is 0 Å². The highest BCUT2D eigenvalue weighted by Gasteiger charge is 2.21. The first-order valence-electron chi connectivity index (χ1n) is 9.48. The zero-order valence-corrected chi connectivity index (χ0v) is 15.8. The van der Waals surface area contributed by atoms with E-state index in [1.54, 1.807) is 0 Å². The van der Waals surface area contributed by atoms with Crippen LogP contribution in [0, 0.1) is 11.8 Å². The molecular formula is C22H29N3O. The van der Waals surface area contributed by atoms with E-state index >= 15 is 0 Å². The van der Waals surface area contributed by atoms with Gasteiger partial charge in [0.2, 0.25) is 0 Å². The van der Waals surface area contributed by atoms with Gasteiger partial charge in [-0.25, -0.2) is 0 Å². The number of ether oxygens (including phenoxy) is 1. The summed E-state index contributed by atoms with van der Waals surface area (Å²) in [6.45, 7) is 8.81. The van der Waals surface area contributed by atoms with Gasteiger partial charge in [-0.15, -0.1) is 0 Å². The minimum absolute atomic E-state index is 0.739. The SMILES string of the molecule is CC1CC(C)CN(CCOc2ccc(C=NNc3ccccc3)cc2)C1. The van der Waals surface area contributed by atoms with Crippen molar-refractivity contribution >= 4 is 11.9 Å². The average Bonchev–Trinajstić information content (AvgIpc) is 2.63. The summed E-state index contributed by atoms with van der Waals surface area (Å²) >= 11 is 0. The number of hydrogen-bond donors (Lipinski definition) is 1. The number of benzene rings is 2. The smallest absolute Gasteiger partial charge is 0.119 e. The van der Waals surface area contributed by atoms with E-state index in [9.17, 15) is 0 Å². The van der Waals surface area contributed by atoms with Gasteiger partial charge in [-0.2, -0.15) is 5.10 Å². The van der Waals surface area contributed by atoms with Crippen LogP contribution in [0.5, 0.6) is 5.75 Å². The molecule has 1 N–H and O–H groups in total. The van der Waals surface area contributed by atoms with Gasteiger partial charge in [0.05, 0.1) is 11.9 Å². The summed E-state index contributed by atoms with van der Waals surface area (Å²) in [6.07, 6.45) is 3.16. The molecule has 138 valence electrons. The van der Waals surface area contributed by atoms with Crippen molar-refractivity contribution in [1.29, 1.82) is 0 Å². The zero-order valence-electron chi connectivity index (χ0n) is 15.8. The second-order valence-electron chi connectivity index (χ2n) is 7.36. The Balaban J connectivity index is 1.41. The van der Waals surface area contributed by atoms with Crippen molar-refractivity contribution in [2.75, 3.05) is 31.7 Å². The van der Waals surface area contributed by atoms with Crippen LogP contribution in [0.2, 0.25) is 0 Å². The Morgan fingerprint density at radius 1 is 1.04 bits per heavy atom. The molecule has 0 aromatic heterocycles. The van der Waals surface area contributed by atoms with Gasteiger partial charge in [-0.3, -0.25) is 10.3 Å². The Kier molecular flexibility index (Phi) is 6.67. The lowest BCUT2D eigenvalue weighted by Gasteiger charge is -2.34. The van der Waals surface area contributed by atoms with Crippen molar-refractivity contribution in [1.82, 2.24) is 4.90 Å². The minimum atomic E-state index is 0.739. The van der Waals surface area contributed by atoms with E-state index < -0.39 is 0 Å². The fourth-order valence-electron chi connectivity index (χ4n) is 3.61. The zero-order chi connectivity index (χ0) is 18.2. The van der Waals surface area contributed by atoms with Gasteiger partial charge < -0.3 is 4.74 Å². The molecule has 1 heterocycles. The van der Waals surface area contributed by atoms with Crippen LogP contribution in [0.25, 0.3) is 0 Å². The number of rotatable bonds is 7. The Morgan fingerprint density at radius 3 is 2.42 bits per heavy atom. The Hall–Kier alpha value is -2.33. The van der Waals surface area contributed by atoms with Gasteiger partial charge in [-0.05, 0) is 60.2 Å². The van der Waals surface area contributed by atoms with E-state index in [1.807, 2.05) is 60.8 Å². The highest BCUT2D eigenvalue weighted by Crippen LogP contribution is 2.20. The molecule has 0 aliphatic carbocycles. The summed E-state index contributed by atoms with van der Waals surface area (Å²) in [4.78, 5) is 2.52. The van der Waals surface area contributed by atoms with Crippen LogP contribution in [0.1, 0.15) is 25.8 Å². The maximum atomic E-state index is 5.91. The van der Waals surface area contributed by atoms with Crippen LogP contribution in [0.15, 0.2) is 59.7 Å². The van der Waals surface area contributed by atoms with E-state index in [-0.39, 0.29) is 0 Å². The maximum Gasteiger partial charge on any atom is 0.119 e. The molecule has 1 saturated heterocycles. The average molecular weight is 351 g/mol. The van der Waals surface area contributed by atoms with Gasteiger partial charge >= 0.3 is 0 Å². The molecule has 2 atom stereocenters. The highest BCUT2D eigenvalue weighted by molar-refractivity contribution is 5.80. The third-order valence-electron chi connectivity index (χ3n) is 4.68. The van der Waals surface area contributed by atoms with E-state index in [1.165, 1.54) is 19.5 Å². The number of likely N-dealkylation sites (tertiary alicyclic amines) is 1. The topological polar surface area (TPSA) is 36.9 Å². The van der Waals surface area contributed by atoms with Crippen LogP contribution < -0.4 is 10.2 Å². The molecule has 3 rings (SSSR count). The monoisotopic (exact) mass is 351 g/mol. The van der Waals surface area contributed by atoms with Crippen LogP contribution in [0.3, 0.4) is 0 Å². The molecule has 4 heteroatoms. The first kappa shape index (κ1) is 18.5. The maximum absolute atomic E-state index is 5.91. The van der Waals surface area contributed by atoms with Gasteiger partial charge in [0.15, 0.2) is 0 Å². The molecule has 0 spiro atoms. The van der Waals surface area contributed by atoms with Crippen molar-refractivity contribution in [2.45, 2.75) is 20.3 Å². The third-order valence-corrected chi connectivity index (χ3v) is 4.68. The molecule has 26 heavy (non-hydrogen) atoms. The van der Waals surface area contributed by atoms with Gasteiger partial charge in [0.1, 0.15) is 12.4 Å². The number of hydrogen-bond acceptors (Lipinski definition) is 4. The normalized spacial score (nSPS) is 21.0. The van der Waals surface area contributed by atoms with Crippen LogP contribution >= 0.6 is 0 Å². The van der Waals surface area contributed by atoms with Crippen molar-refractivity contribution in [3.8, 4) is 5.75 Å². The molecular weight excluding hydrogens is 322 g/mol. The molecule has 1 aliphatic heterocycles. The Labute approximate surface area is 156 Å². The molecule has 1 aliphatic rings. The summed E-state index contributed by atoms with van der Waals surface area (Å²) in [7, 11) is 0. The molecule has 2 aromatic carbocycles. The van der Waals surface area contributed by atoms with Crippen LogP contribution in [-0.2, 0) is 0 Å². The minimum Gasteiger partial charge on any atom is -0.492 e. The molecule has 0 radical (unpaired) electrons. The van der Waals surface area contributed by atoms with Gasteiger partial charge in [-0.1, -0.05) is 32.0 Å². The quantitative estimate of drug-likeness (QED) is 0.590. The van der Waals surface area contributed by atoms with E-state index in [0.29, 0.717) is 0 Å². The first-order valence-corrected chi connectivity index (χ1v) is 9.48. The van der Waals surface area contributed by atoms with Gasteiger partial charge in [0, 0.05) is 19.6 Å². The summed E-state index contributed by atoms with van der Waals surface area (Å²) < 4.78 is 5.91. The van der Waals surface area contributed by atoms with Crippen LogP contribution in [0.4, 0.5) is 5.69 Å².